The van der Waals surface area contributed by atoms with E-state index in [0.29, 0.717) is 0 Å². The number of thiophene rings is 1. The molecule has 0 atom stereocenters. The van der Waals surface area contributed by atoms with Gasteiger partial charge in [-0.2, -0.15) is 0 Å². The average Bonchev–Trinajstić information content (AvgIpc) is 3.05. The van der Waals surface area contributed by atoms with Crippen molar-refractivity contribution in [2.75, 3.05) is 0 Å². The topological polar surface area (TPSA) is 71.1 Å². The molecule has 0 aliphatic rings. The first-order valence-corrected chi connectivity index (χ1v) is 7.58. The highest BCUT2D eigenvalue weighted by molar-refractivity contribution is 7.10. The zero-order valence-electron chi connectivity index (χ0n) is 11.6. The molecule has 0 spiro atoms. The first kappa shape index (κ1) is 14.2. The van der Waals surface area contributed by atoms with E-state index in [4.69, 9.17) is 0 Å². The normalized spacial score (nSPS) is 10.4. The van der Waals surface area contributed by atoms with Gasteiger partial charge in [-0.25, -0.2) is 4.98 Å². The van der Waals surface area contributed by atoms with Crippen molar-refractivity contribution >= 4 is 34.1 Å². The number of carbonyl (C=O) groups excluding carboxylic acids is 2. The van der Waals surface area contributed by atoms with E-state index >= 15 is 0 Å². The van der Waals surface area contributed by atoms with Crippen molar-refractivity contribution in [3.05, 3.63) is 64.5 Å². The Morgan fingerprint density at radius 2 is 1.86 bits per heavy atom. The van der Waals surface area contributed by atoms with Crippen molar-refractivity contribution in [1.29, 1.82) is 0 Å². The number of fused-ring (bicyclic) bond motifs is 1. The number of amides is 2. The fourth-order valence-corrected chi connectivity index (χ4v) is 2.70. The average molecular weight is 311 g/mol. The van der Waals surface area contributed by atoms with Crippen molar-refractivity contribution in [2.24, 2.45) is 0 Å². The van der Waals surface area contributed by atoms with Gasteiger partial charge < -0.3 is 0 Å². The predicted molar refractivity (Wildman–Crippen MR) is 85.4 cm³/mol. The van der Waals surface area contributed by atoms with Crippen LogP contribution in [0.3, 0.4) is 0 Å². The molecular weight excluding hydrogens is 298 g/mol. The summed E-state index contributed by atoms with van der Waals surface area (Å²) in [5.41, 5.74) is 5.77. The lowest BCUT2D eigenvalue weighted by molar-refractivity contribution is -0.121. The van der Waals surface area contributed by atoms with Gasteiger partial charge in [-0.1, -0.05) is 30.3 Å². The van der Waals surface area contributed by atoms with E-state index in [2.05, 4.69) is 15.8 Å². The molecule has 0 saturated heterocycles. The summed E-state index contributed by atoms with van der Waals surface area (Å²) in [4.78, 5) is 28.9. The number of aromatic nitrogens is 1. The van der Waals surface area contributed by atoms with Crippen LogP contribution in [0.4, 0.5) is 0 Å². The highest BCUT2D eigenvalue weighted by Crippen LogP contribution is 2.11. The molecule has 0 saturated carbocycles. The van der Waals surface area contributed by atoms with Gasteiger partial charge >= 0.3 is 0 Å². The van der Waals surface area contributed by atoms with Gasteiger partial charge in [0.2, 0.25) is 5.91 Å². The van der Waals surface area contributed by atoms with Crippen molar-refractivity contribution in [3.8, 4) is 0 Å². The third kappa shape index (κ3) is 3.29. The van der Waals surface area contributed by atoms with Crippen molar-refractivity contribution in [3.63, 3.8) is 0 Å². The minimum absolute atomic E-state index is 0.239. The number of pyridine rings is 1. The summed E-state index contributed by atoms with van der Waals surface area (Å²) in [5, 5.41) is 2.86. The van der Waals surface area contributed by atoms with Gasteiger partial charge in [0, 0.05) is 10.3 Å². The minimum Gasteiger partial charge on any atom is -0.273 e. The van der Waals surface area contributed by atoms with Crippen LogP contribution in [-0.2, 0) is 11.2 Å². The molecule has 0 radical (unpaired) electrons. The van der Waals surface area contributed by atoms with E-state index in [-0.39, 0.29) is 18.0 Å². The number of nitrogens with one attached hydrogen (secondary N) is 2. The van der Waals surface area contributed by atoms with Gasteiger partial charge in [0.15, 0.2) is 0 Å². The summed E-state index contributed by atoms with van der Waals surface area (Å²) < 4.78 is 0. The molecule has 1 aromatic carbocycles. The zero-order chi connectivity index (χ0) is 15.4. The van der Waals surface area contributed by atoms with E-state index in [1.54, 1.807) is 6.07 Å². The summed E-state index contributed by atoms with van der Waals surface area (Å²) in [6.45, 7) is 0. The maximum Gasteiger partial charge on any atom is 0.288 e. The van der Waals surface area contributed by atoms with Crippen LogP contribution in [0.15, 0.2) is 53.9 Å². The second-order valence-electron chi connectivity index (χ2n) is 4.65. The number of hydrogen-bond acceptors (Lipinski definition) is 4. The SMILES string of the molecule is O=C(Cc1cccs1)NNC(=O)c1ccc2ccccc2n1. The van der Waals surface area contributed by atoms with Crippen LogP contribution in [0.25, 0.3) is 10.9 Å². The summed E-state index contributed by atoms with van der Waals surface area (Å²) in [6, 6.07) is 14.7. The Hall–Kier alpha value is -2.73. The van der Waals surface area contributed by atoms with E-state index in [0.717, 1.165) is 15.8 Å². The predicted octanol–water partition coefficient (Wildman–Crippen LogP) is 2.30. The molecule has 5 nitrogen and oxygen atoms in total. The lowest BCUT2D eigenvalue weighted by Crippen LogP contribution is -2.42. The molecular formula is C16H13N3O2S. The zero-order valence-corrected chi connectivity index (χ0v) is 12.4. The molecule has 0 aliphatic carbocycles. The molecule has 2 amide bonds. The standard InChI is InChI=1S/C16H13N3O2S/c20-15(10-12-5-3-9-22-12)18-19-16(21)14-8-7-11-4-1-2-6-13(11)17-14/h1-9H,10H2,(H,18,20)(H,19,21). The number of para-hydroxylation sites is 1. The molecule has 2 aromatic heterocycles. The summed E-state index contributed by atoms with van der Waals surface area (Å²) >= 11 is 1.50. The Labute approximate surface area is 131 Å². The van der Waals surface area contributed by atoms with Crippen LogP contribution in [0.1, 0.15) is 15.4 Å². The van der Waals surface area contributed by atoms with Crippen molar-refractivity contribution in [2.45, 2.75) is 6.42 Å². The highest BCUT2D eigenvalue weighted by Gasteiger charge is 2.10. The van der Waals surface area contributed by atoms with Gasteiger partial charge in [0.05, 0.1) is 11.9 Å². The fourth-order valence-electron chi connectivity index (χ4n) is 2.00. The van der Waals surface area contributed by atoms with E-state index < -0.39 is 5.91 Å². The molecule has 3 rings (SSSR count). The second kappa shape index (κ2) is 6.36. The Morgan fingerprint density at radius 3 is 2.68 bits per heavy atom. The van der Waals surface area contributed by atoms with Gasteiger partial charge in [-0.05, 0) is 23.6 Å². The van der Waals surface area contributed by atoms with Gasteiger partial charge in [0.25, 0.3) is 5.91 Å². The largest absolute Gasteiger partial charge is 0.288 e. The molecule has 0 aliphatic heterocycles. The van der Waals surface area contributed by atoms with Crippen LogP contribution < -0.4 is 10.9 Å². The molecule has 2 heterocycles. The summed E-state index contributed by atoms with van der Waals surface area (Å²) in [6.07, 6.45) is 0.239. The summed E-state index contributed by atoms with van der Waals surface area (Å²) in [5.74, 6) is -0.707. The molecule has 110 valence electrons. The Bertz CT molecular complexity index is 815. The third-order valence-corrected chi connectivity index (χ3v) is 3.94. The molecule has 0 fully saturated rings. The Balaban J connectivity index is 1.62. The van der Waals surface area contributed by atoms with Gasteiger partial charge in [-0.3, -0.25) is 20.4 Å². The van der Waals surface area contributed by atoms with Crippen LogP contribution >= 0.6 is 11.3 Å². The van der Waals surface area contributed by atoms with Crippen molar-refractivity contribution in [1.82, 2.24) is 15.8 Å². The monoisotopic (exact) mass is 311 g/mol. The smallest absolute Gasteiger partial charge is 0.273 e. The minimum atomic E-state index is -0.440. The van der Waals surface area contributed by atoms with Gasteiger partial charge in [-0.15, -0.1) is 11.3 Å². The van der Waals surface area contributed by atoms with E-state index in [9.17, 15) is 9.59 Å². The van der Waals surface area contributed by atoms with Crippen LogP contribution in [0.5, 0.6) is 0 Å². The molecule has 6 heteroatoms. The first-order chi connectivity index (χ1) is 10.7. The summed E-state index contributed by atoms with van der Waals surface area (Å²) in [7, 11) is 0. The molecule has 0 bridgehead atoms. The van der Waals surface area contributed by atoms with Crippen LogP contribution in [0, 0.1) is 0 Å². The molecule has 22 heavy (non-hydrogen) atoms. The number of rotatable bonds is 3. The van der Waals surface area contributed by atoms with Gasteiger partial charge in [0.1, 0.15) is 5.69 Å². The number of hydrazine groups is 1. The highest BCUT2D eigenvalue weighted by atomic mass is 32.1. The lowest BCUT2D eigenvalue weighted by Gasteiger charge is -2.07. The Morgan fingerprint density at radius 1 is 1.00 bits per heavy atom. The second-order valence-corrected chi connectivity index (χ2v) is 5.68. The van der Waals surface area contributed by atoms with E-state index in [1.807, 2.05) is 47.8 Å². The maximum atomic E-state index is 12.0. The van der Waals surface area contributed by atoms with Crippen LogP contribution in [0.2, 0.25) is 0 Å². The lowest BCUT2D eigenvalue weighted by atomic mass is 10.2. The first-order valence-electron chi connectivity index (χ1n) is 6.70. The van der Waals surface area contributed by atoms with Crippen LogP contribution in [-0.4, -0.2) is 16.8 Å². The number of nitrogens with zero attached hydrogens (tertiary/aromatic N) is 1. The quantitative estimate of drug-likeness (QED) is 0.729. The Kier molecular flexibility index (Phi) is 4.11. The maximum absolute atomic E-state index is 12.0. The molecule has 3 aromatic rings. The van der Waals surface area contributed by atoms with E-state index in [1.165, 1.54) is 11.3 Å². The third-order valence-electron chi connectivity index (χ3n) is 3.06. The number of hydrogen-bond donors (Lipinski definition) is 2. The number of benzene rings is 1. The fraction of sp³-hybridized carbons (Fsp3) is 0.0625. The molecule has 2 N–H and O–H groups in total. The molecule has 0 unspecified atom stereocenters. The van der Waals surface area contributed by atoms with Crippen molar-refractivity contribution < 1.29 is 9.59 Å². The number of carbonyl (C=O) groups is 2.